The molecule has 4 heteroatoms. The lowest BCUT2D eigenvalue weighted by Crippen LogP contribution is -2.59. The Kier molecular flexibility index (Phi) is 4.38. The van der Waals surface area contributed by atoms with Crippen LogP contribution in [0.5, 0.6) is 0 Å². The first kappa shape index (κ1) is 19.5. The molecule has 1 aliphatic heterocycles. The summed E-state index contributed by atoms with van der Waals surface area (Å²) >= 11 is 1.90. The molecule has 4 aliphatic rings. The van der Waals surface area contributed by atoms with Crippen molar-refractivity contribution in [1.82, 2.24) is 0 Å². The molecule has 3 aliphatic carbocycles. The molecule has 0 spiro atoms. The van der Waals surface area contributed by atoms with Gasteiger partial charge in [0.1, 0.15) is 0 Å². The van der Waals surface area contributed by atoms with E-state index in [2.05, 4.69) is 52.8 Å². The average molecular weight is 398 g/mol. The van der Waals surface area contributed by atoms with Gasteiger partial charge < -0.3 is 9.76 Å². The Hall–Kier alpha value is -0.445. The first-order valence-electron chi connectivity index (χ1n) is 11.3. The van der Waals surface area contributed by atoms with Crippen LogP contribution in [0.25, 0.3) is 0 Å². The lowest BCUT2D eigenvalue weighted by Gasteiger charge is -2.56. The van der Waals surface area contributed by atoms with E-state index in [0.717, 1.165) is 18.3 Å². The Balaban J connectivity index is 1.36. The third kappa shape index (κ3) is 2.63. The zero-order valence-electron chi connectivity index (χ0n) is 18.1. The van der Waals surface area contributed by atoms with Crippen LogP contribution in [0.15, 0.2) is 23.1 Å². The minimum Gasteiger partial charge on any atom is -0.420 e. The second-order valence-electron chi connectivity index (χ2n) is 11.2. The van der Waals surface area contributed by atoms with Gasteiger partial charge in [0, 0.05) is 10.9 Å². The van der Waals surface area contributed by atoms with E-state index in [4.69, 9.17) is 4.65 Å². The fraction of sp³-hybridized carbons (Fsp3) is 0.750. The zero-order valence-corrected chi connectivity index (χ0v) is 18.9. The number of hydrogen-bond donors (Lipinski definition) is 1. The van der Waals surface area contributed by atoms with Gasteiger partial charge in [0.2, 0.25) is 0 Å². The maximum Gasteiger partial charge on any atom is 0.375 e. The largest absolute Gasteiger partial charge is 0.420 e. The van der Waals surface area contributed by atoms with Gasteiger partial charge in [-0.05, 0) is 104 Å². The van der Waals surface area contributed by atoms with Crippen LogP contribution in [0.2, 0.25) is 5.31 Å². The number of rotatable bonds is 2. The number of fused-ring (bicyclic) bond motifs is 5. The molecule has 5 rings (SSSR count). The Morgan fingerprint density at radius 2 is 1.86 bits per heavy atom. The van der Waals surface area contributed by atoms with E-state index in [1.165, 1.54) is 37.0 Å². The van der Waals surface area contributed by atoms with Gasteiger partial charge in [-0.25, -0.2) is 0 Å². The van der Waals surface area contributed by atoms with E-state index in [-0.39, 0.29) is 28.6 Å². The summed E-state index contributed by atoms with van der Waals surface area (Å²) in [4.78, 5) is 1.36. The molecular formula is C24H35BO2S. The predicted octanol–water partition coefficient (Wildman–Crippen LogP) is 6.07. The molecule has 5 atom stereocenters. The van der Waals surface area contributed by atoms with E-state index in [1.54, 1.807) is 11.1 Å². The number of aliphatic hydroxyl groups is 1. The summed E-state index contributed by atoms with van der Waals surface area (Å²) in [6, 6.07) is 7.23. The second-order valence-corrected chi connectivity index (χ2v) is 12.3. The van der Waals surface area contributed by atoms with Crippen molar-refractivity contribution in [2.45, 2.75) is 101 Å². The third-order valence-corrected chi connectivity index (χ3v) is 10.9. The average Bonchev–Trinajstić information content (AvgIpc) is 2.96. The van der Waals surface area contributed by atoms with E-state index in [1.807, 2.05) is 11.6 Å². The van der Waals surface area contributed by atoms with Gasteiger partial charge >= 0.3 is 6.19 Å². The summed E-state index contributed by atoms with van der Waals surface area (Å²) in [5.74, 6) is 2.20. The van der Waals surface area contributed by atoms with Crippen molar-refractivity contribution >= 4 is 17.8 Å². The SMILES string of the molecule is CC12CC[C@@H]3c4ccc(SB5OC(C)(C)C5(C)C)cc4CCC3[C@@H]1CCC2O. The monoisotopic (exact) mass is 398 g/mol. The van der Waals surface area contributed by atoms with Gasteiger partial charge in [-0.15, -0.1) is 11.6 Å². The molecule has 0 bridgehead atoms. The fourth-order valence-corrected chi connectivity index (χ4v) is 8.16. The molecule has 0 aromatic heterocycles. The number of benzene rings is 1. The molecule has 1 saturated heterocycles. The van der Waals surface area contributed by atoms with Crippen molar-refractivity contribution in [1.29, 1.82) is 0 Å². The first-order chi connectivity index (χ1) is 13.1. The van der Waals surface area contributed by atoms with Crippen molar-refractivity contribution in [2.24, 2.45) is 17.3 Å². The van der Waals surface area contributed by atoms with E-state index < -0.39 is 0 Å². The second kappa shape index (κ2) is 6.28. The van der Waals surface area contributed by atoms with Gasteiger partial charge in [-0.3, -0.25) is 0 Å². The highest BCUT2D eigenvalue weighted by Gasteiger charge is 2.59. The first-order valence-corrected chi connectivity index (χ1v) is 12.2. The summed E-state index contributed by atoms with van der Waals surface area (Å²) in [5.41, 5.74) is 3.32. The van der Waals surface area contributed by atoms with Gasteiger partial charge in [-0.2, -0.15) is 0 Å². The van der Waals surface area contributed by atoms with Crippen molar-refractivity contribution in [2.75, 3.05) is 0 Å². The predicted molar refractivity (Wildman–Crippen MR) is 118 cm³/mol. The lowest BCUT2D eigenvalue weighted by atomic mass is 9.49. The van der Waals surface area contributed by atoms with Crippen LogP contribution in [-0.2, 0) is 11.1 Å². The Bertz CT molecular complexity index is 791. The summed E-state index contributed by atoms with van der Waals surface area (Å²) in [6.07, 6.45) is 7.36. The van der Waals surface area contributed by atoms with Crippen molar-refractivity contribution in [3.8, 4) is 0 Å². The van der Waals surface area contributed by atoms with Crippen molar-refractivity contribution in [3.63, 3.8) is 0 Å². The molecule has 1 aromatic carbocycles. The highest BCUT2D eigenvalue weighted by molar-refractivity contribution is 8.25. The topological polar surface area (TPSA) is 29.5 Å². The van der Waals surface area contributed by atoms with Crippen LogP contribution in [0, 0.1) is 17.3 Å². The maximum atomic E-state index is 10.6. The molecule has 28 heavy (non-hydrogen) atoms. The molecule has 0 amide bonds. The molecule has 152 valence electrons. The molecule has 1 aromatic rings. The van der Waals surface area contributed by atoms with E-state index >= 15 is 0 Å². The fourth-order valence-electron chi connectivity index (χ4n) is 6.69. The Morgan fingerprint density at radius 1 is 1.07 bits per heavy atom. The smallest absolute Gasteiger partial charge is 0.375 e. The van der Waals surface area contributed by atoms with Crippen LogP contribution >= 0.6 is 11.6 Å². The third-order valence-electron chi connectivity index (χ3n) is 9.43. The minimum absolute atomic E-state index is 0.0350. The van der Waals surface area contributed by atoms with Gasteiger partial charge in [-0.1, -0.05) is 26.8 Å². The van der Waals surface area contributed by atoms with Crippen LogP contribution in [0.1, 0.15) is 83.8 Å². The Labute approximate surface area is 175 Å². The summed E-state index contributed by atoms with van der Waals surface area (Å²) < 4.78 is 6.18. The van der Waals surface area contributed by atoms with Gasteiger partial charge in [0.25, 0.3) is 0 Å². The number of aliphatic hydroxyl groups excluding tert-OH is 1. The van der Waals surface area contributed by atoms with E-state index in [9.17, 15) is 5.11 Å². The number of aryl methyl sites for hydroxylation is 1. The van der Waals surface area contributed by atoms with Gasteiger partial charge in [0.05, 0.1) is 6.10 Å². The summed E-state index contributed by atoms with van der Waals surface area (Å²) in [7, 11) is 0. The van der Waals surface area contributed by atoms with E-state index in [0.29, 0.717) is 5.92 Å². The number of hydrogen-bond acceptors (Lipinski definition) is 3. The van der Waals surface area contributed by atoms with Crippen LogP contribution < -0.4 is 0 Å². The molecule has 1 heterocycles. The summed E-state index contributed by atoms with van der Waals surface area (Å²) in [5, 5.41) is 10.8. The highest BCUT2D eigenvalue weighted by atomic mass is 32.2. The highest BCUT2D eigenvalue weighted by Crippen LogP contribution is 2.61. The normalized spacial score (nSPS) is 40.3. The van der Waals surface area contributed by atoms with Crippen LogP contribution in [0.4, 0.5) is 0 Å². The van der Waals surface area contributed by atoms with Crippen LogP contribution in [-0.4, -0.2) is 23.0 Å². The molecule has 2 nitrogen and oxygen atoms in total. The molecular weight excluding hydrogens is 363 g/mol. The van der Waals surface area contributed by atoms with Crippen LogP contribution in [0.3, 0.4) is 0 Å². The zero-order chi connectivity index (χ0) is 19.9. The molecule has 1 N–H and O–H groups in total. The molecule has 0 radical (unpaired) electrons. The molecule has 3 unspecified atom stereocenters. The minimum atomic E-state index is -0.0753. The Morgan fingerprint density at radius 3 is 2.57 bits per heavy atom. The molecule has 2 saturated carbocycles. The van der Waals surface area contributed by atoms with Gasteiger partial charge in [0.15, 0.2) is 0 Å². The quantitative estimate of drug-likeness (QED) is 0.613. The molecule has 3 fully saturated rings. The summed E-state index contributed by atoms with van der Waals surface area (Å²) in [6.45, 7) is 11.4. The standard InChI is InChI=1S/C24H35BO2S/c1-22(2)23(3,4)27-25(22)28-16-7-9-17-15(14-16)6-8-19-18(17)12-13-24(5)20(19)10-11-21(24)26/h7,9,14,18-21,26H,6,8,10-13H2,1-5H3/t18-,19?,20+,21?,24?/m1/s1. The van der Waals surface area contributed by atoms with Crippen molar-refractivity contribution < 1.29 is 9.76 Å². The lowest BCUT2D eigenvalue weighted by molar-refractivity contribution is -0.0226. The maximum absolute atomic E-state index is 10.6. The van der Waals surface area contributed by atoms with Crippen molar-refractivity contribution in [3.05, 3.63) is 29.3 Å².